The fourth-order valence-corrected chi connectivity index (χ4v) is 2.36. The Morgan fingerprint density at radius 3 is 2.82 bits per heavy atom. The molecule has 0 bridgehead atoms. The summed E-state index contributed by atoms with van der Waals surface area (Å²) in [7, 11) is 0. The molecule has 0 spiro atoms. The van der Waals surface area contributed by atoms with Crippen LogP contribution >= 0.6 is 0 Å². The van der Waals surface area contributed by atoms with Gasteiger partial charge in [0.2, 0.25) is 0 Å². The second-order valence-electron chi connectivity index (χ2n) is 6.19. The molecule has 1 amide bonds. The summed E-state index contributed by atoms with van der Waals surface area (Å²) in [5.74, 6) is 5.74. The molecule has 0 aromatic carbocycles. The first-order valence-electron chi connectivity index (χ1n) is 7.70. The summed E-state index contributed by atoms with van der Waals surface area (Å²) in [6, 6.07) is 3.26. The summed E-state index contributed by atoms with van der Waals surface area (Å²) in [6.45, 7) is 5.18. The number of amides is 1. The van der Waals surface area contributed by atoms with E-state index in [0.29, 0.717) is 5.76 Å². The Hall–Kier alpha value is -1.99. The zero-order valence-electron chi connectivity index (χ0n) is 13.4. The third-order valence-electron chi connectivity index (χ3n) is 3.55. The third kappa shape index (κ3) is 4.78. The van der Waals surface area contributed by atoms with Gasteiger partial charge >= 0.3 is 0 Å². The van der Waals surface area contributed by atoms with E-state index in [4.69, 9.17) is 4.42 Å². The van der Waals surface area contributed by atoms with Crippen LogP contribution in [0, 0.1) is 11.8 Å². The molecule has 4 nitrogen and oxygen atoms in total. The van der Waals surface area contributed by atoms with E-state index in [9.17, 15) is 9.90 Å². The fraction of sp³-hybridized carbons (Fsp3) is 0.500. The topological polar surface area (TPSA) is 62.5 Å². The van der Waals surface area contributed by atoms with Crippen LogP contribution in [0.25, 0.3) is 0 Å². The van der Waals surface area contributed by atoms with Crippen molar-refractivity contribution in [1.29, 1.82) is 0 Å². The SMILES string of the molecule is CC(NC(=O)c1ccc(C#CC(C)(C)O)o1)C1=CCCCC1. The maximum Gasteiger partial charge on any atom is 0.287 e. The van der Waals surface area contributed by atoms with Crippen LogP contribution in [0.4, 0.5) is 0 Å². The number of hydrogen-bond acceptors (Lipinski definition) is 3. The minimum atomic E-state index is -1.09. The maximum absolute atomic E-state index is 12.2. The van der Waals surface area contributed by atoms with E-state index in [-0.39, 0.29) is 17.7 Å². The van der Waals surface area contributed by atoms with Crippen molar-refractivity contribution in [3.63, 3.8) is 0 Å². The van der Waals surface area contributed by atoms with Gasteiger partial charge in [-0.1, -0.05) is 17.6 Å². The molecule has 0 saturated carbocycles. The van der Waals surface area contributed by atoms with Gasteiger partial charge < -0.3 is 14.8 Å². The van der Waals surface area contributed by atoms with Gasteiger partial charge in [0.15, 0.2) is 11.5 Å². The normalized spacial score (nSPS) is 16.3. The second kappa shape index (κ2) is 6.85. The van der Waals surface area contributed by atoms with Gasteiger partial charge in [0, 0.05) is 6.04 Å². The number of carbonyl (C=O) groups is 1. The number of carbonyl (C=O) groups excluding carboxylic acids is 1. The molecule has 22 heavy (non-hydrogen) atoms. The predicted octanol–water partition coefficient (Wildman–Crippen LogP) is 3.02. The van der Waals surface area contributed by atoms with Gasteiger partial charge in [-0.2, -0.15) is 0 Å². The van der Waals surface area contributed by atoms with Crippen LogP contribution in [0.3, 0.4) is 0 Å². The number of rotatable bonds is 3. The highest BCUT2D eigenvalue weighted by atomic mass is 16.3. The molecule has 0 saturated heterocycles. The van der Waals surface area contributed by atoms with Crippen LogP contribution in [-0.2, 0) is 0 Å². The second-order valence-corrected chi connectivity index (χ2v) is 6.19. The molecule has 1 aliphatic carbocycles. The zero-order valence-corrected chi connectivity index (χ0v) is 13.4. The fourth-order valence-electron chi connectivity index (χ4n) is 2.36. The van der Waals surface area contributed by atoms with Crippen molar-refractivity contribution in [3.05, 3.63) is 35.3 Å². The van der Waals surface area contributed by atoms with E-state index in [2.05, 4.69) is 23.2 Å². The molecule has 1 aliphatic rings. The van der Waals surface area contributed by atoms with E-state index in [1.54, 1.807) is 26.0 Å². The lowest BCUT2D eigenvalue weighted by Crippen LogP contribution is -2.34. The maximum atomic E-state index is 12.2. The van der Waals surface area contributed by atoms with Gasteiger partial charge in [0.1, 0.15) is 5.60 Å². The Morgan fingerprint density at radius 1 is 1.41 bits per heavy atom. The van der Waals surface area contributed by atoms with Gasteiger partial charge in [0.05, 0.1) is 0 Å². The Kier molecular flexibility index (Phi) is 5.10. The molecule has 2 N–H and O–H groups in total. The highest BCUT2D eigenvalue weighted by Crippen LogP contribution is 2.20. The molecule has 1 aromatic rings. The predicted molar refractivity (Wildman–Crippen MR) is 85.4 cm³/mol. The van der Waals surface area contributed by atoms with Gasteiger partial charge in [-0.15, -0.1) is 0 Å². The van der Waals surface area contributed by atoms with E-state index < -0.39 is 5.60 Å². The molecule has 1 atom stereocenters. The van der Waals surface area contributed by atoms with Crippen molar-refractivity contribution in [2.45, 2.75) is 58.1 Å². The van der Waals surface area contributed by atoms with Crippen LogP contribution in [0.2, 0.25) is 0 Å². The number of hydrogen-bond donors (Lipinski definition) is 2. The van der Waals surface area contributed by atoms with Gasteiger partial charge in [-0.25, -0.2) is 0 Å². The van der Waals surface area contributed by atoms with Gasteiger partial charge in [-0.05, 0) is 64.5 Å². The highest BCUT2D eigenvalue weighted by molar-refractivity contribution is 5.92. The summed E-state index contributed by atoms with van der Waals surface area (Å²) in [4.78, 5) is 12.2. The molecule has 1 aromatic heterocycles. The highest BCUT2D eigenvalue weighted by Gasteiger charge is 2.17. The first-order valence-corrected chi connectivity index (χ1v) is 7.70. The van der Waals surface area contributed by atoms with E-state index in [0.717, 1.165) is 12.8 Å². The number of nitrogens with one attached hydrogen (secondary N) is 1. The van der Waals surface area contributed by atoms with Crippen LogP contribution in [0.5, 0.6) is 0 Å². The summed E-state index contributed by atoms with van der Waals surface area (Å²) in [5, 5.41) is 12.5. The molecular formula is C18H23NO3. The van der Waals surface area contributed by atoms with Crippen molar-refractivity contribution >= 4 is 5.91 Å². The Balaban J connectivity index is 1.99. The molecule has 2 rings (SSSR count). The van der Waals surface area contributed by atoms with E-state index >= 15 is 0 Å². The lowest BCUT2D eigenvalue weighted by atomic mass is 9.95. The smallest absolute Gasteiger partial charge is 0.287 e. The molecule has 0 radical (unpaired) electrons. The monoisotopic (exact) mass is 301 g/mol. The van der Waals surface area contributed by atoms with E-state index in [1.165, 1.54) is 18.4 Å². The number of allylic oxidation sites excluding steroid dienone is 1. The molecule has 4 heteroatoms. The Labute approximate surface area is 131 Å². The summed E-state index contributed by atoms with van der Waals surface area (Å²) in [5.41, 5.74) is 0.199. The minimum Gasteiger partial charge on any atom is -0.443 e. The standard InChI is InChI=1S/C18H23NO3/c1-13(14-7-5-4-6-8-14)19-17(20)16-10-9-15(22-16)11-12-18(2,3)21/h7,9-10,13,21H,4-6,8H2,1-3H3,(H,19,20). The Morgan fingerprint density at radius 2 is 2.18 bits per heavy atom. The largest absolute Gasteiger partial charge is 0.443 e. The van der Waals surface area contributed by atoms with Crippen LogP contribution in [-0.4, -0.2) is 22.7 Å². The van der Waals surface area contributed by atoms with Gasteiger partial charge in [0.25, 0.3) is 5.91 Å². The van der Waals surface area contributed by atoms with Crippen molar-refractivity contribution in [2.24, 2.45) is 0 Å². The number of furan rings is 1. The average Bonchev–Trinajstić information content (AvgIpc) is 2.94. The van der Waals surface area contributed by atoms with Crippen molar-refractivity contribution in [3.8, 4) is 11.8 Å². The van der Waals surface area contributed by atoms with Crippen LogP contribution in [0.1, 0.15) is 62.8 Å². The van der Waals surface area contributed by atoms with Crippen molar-refractivity contribution in [2.75, 3.05) is 0 Å². The Bertz CT molecular complexity index is 623. The van der Waals surface area contributed by atoms with Gasteiger partial charge in [-0.3, -0.25) is 4.79 Å². The van der Waals surface area contributed by atoms with Crippen LogP contribution in [0.15, 0.2) is 28.2 Å². The molecule has 0 aliphatic heterocycles. The lowest BCUT2D eigenvalue weighted by molar-refractivity contribution is 0.0916. The minimum absolute atomic E-state index is 0.0174. The van der Waals surface area contributed by atoms with E-state index in [1.807, 2.05) is 6.92 Å². The van der Waals surface area contributed by atoms with Crippen molar-refractivity contribution in [1.82, 2.24) is 5.32 Å². The summed E-state index contributed by atoms with van der Waals surface area (Å²) in [6.07, 6.45) is 6.76. The molecular weight excluding hydrogens is 278 g/mol. The molecule has 0 fully saturated rings. The molecule has 118 valence electrons. The summed E-state index contributed by atoms with van der Waals surface area (Å²) < 4.78 is 5.41. The lowest BCUT2D eigenvalue weighted by Gasteiger charge is -2.20. The first-order chi connectivity index (χ1) is 10.3. The molecule has 1 heterocycles. The summed E-state index contributed by atoms with van der Waals surface area (Å²) >= 11 is 0. The quantitative estimate of drug-likeness (QED) is 0.666. The van der Waals surface area contributed by atoms with Crippen LogP contribution < -0.4 is 5.32 Å². The third-order valence-corrected chi connectivity index (χ3v) is 3.55. The van der Waals surface area contributed by atoms with Crippen molar-refractivity contribution < 1.29 is 14.3 Å². The molecule has 1 unspecified atom stereocenters. The zero-order chi connectivity index (χ0) is 16.2. The number of aliphatic hydroxyl groups is 1. The first kappa shape index (κ1) is 16.4. The average molecular weight is 301 g/mol.